The lowest BCUT2D eigenvalue weighted by Gasteiger charge is -2.11. The third-order valence-corrected chi connectivity index (χ3v) is 2.44. The van der Waals surface area contributed by atoms with Crippen LogP contribution in [0.25, 0.3) is 0 Å². The highest BCUT2D eigenvalue weighted by Gasteiger charge is 2.03. The topological polar surface area (TPSA) is 58.5 Å². The van der Waals surface area contributed by atoms with E-state index in [1.807, 2.05) is 6.92 Å². The zero-order valence-electron chi connectivity index (χ0n) is 11.4. The van der Waals surface area contributed by atoms with Crippen LogP contribution in [0.5, 0.6) is 0 Å². The molecule has 0 atom stereocenters. The van der Waals surface area contributed by atoms with Gasteiger partial charge in [0.2, 0.25) is 0 Å². The molecular weight excluding hydrogens is 247 g/mol. The highest BCUT2D eigenvalue weighted by Crippen LogP contribution is 2.01. The molecule has 0 aromatic carbocycles. The van der Waals surface area contributed by atoms with Gasteiger partial charge in [-0.15, -0.1) is 0 Å². The van der Waals surface area contributed by atoms with E-state index >= 15 is 0 Å². The minimum Gasteiger partial charge on any atom is -0.382 e. The molecule has 0 aliphatic carbocycles. The van der Waals surface area contributed by atoms with Gasteiger partial charge < -0.3 is 15.4 Å². The van der Waals surface area contributed by atoms with Crippen LogP contribution in [0.2, 0.25) is 0 Å². The number of nitrogens with zero attached hydrogens (tertiary/aromatic N) is 2. The van der Waals surface area contributed by atoms with Gasteiger partial charge in [-0.1, -0.05) is 0 Å². The number of hydrogen-bond donors (Lipinski definition) is 2. The Morgan fingerprint density at radius 2 is 2.32 bits per heavy atom. The number of aromatic nitrogens is 1. The Morgan fingerprint density at radius 1 is 1.47 bits per heavy atom. The van der Waals surface area contributed by atoms with Crippen LogP contribution in [0.15, 0.2) is 23.3 Å². The molecule has 6 heteroatoms. The van der Waals surface area contributed by atoms with Gasteiger partial charge in [0.05, 0.1) is 12.2 Å². The van der Waals surface area contributed by atoms with Crippen molar-refractivity contribution in [3.05, 3.63) is 29.8 Å². The second-order valence-corrected chi connectivity index (χ2v) is 3.83. The maximum absolute atomic E-state index is 13.4. The first-order valence-electron chi connectivity index (χ1n) is 6.39. The van der Waals surface area contributed by atoms with Gasteiger partial charge in [0.25, 0.3) is 0 Å². The minimum atomic E-state index is -0.318. The Labute approximate surface area is 113 Å². The summed E-state index contributed by atoms with van der Waals surface area (Å²) in [6, 6.07) is 2.96. The van der Waals surface area contributed by atoms with E-state index < -0.39 is 0 Å². The number of pyridine rings is 1. The first-order chi connectivity index (χ1) is 9.27. The first-order valence-corrected chi connectivity index (χ1v) is 6.39. The highest BCUT2D eigenvalue weighted by molar-refractivity contribution is 5.79. The summed E-state index contributed by atoms with van der Waals surface area (Å²) >= 11 is 0. The number of hydrogen-bond acceptors (Lipinski definition) is 3. The van der Waals surface area contributed by atoms with Crippen molar-refractivity contribution in [1.82, 2.24) is 15.6 Å². The van der Waals surface area contributed by atoms with Crippen LogP contribution in [0, 0.1) is 5.82 Å². The molecule has 0 aliphatic rings. The molecule has 0 saturated carbocycles. The molecule has 0 radical (unpaired) electrons. The predicted octanol–water partition coefficient (Wildman–Crippen LogP) is 1.31. The Hall–Kier alpha value is -1.69. The first kappa shape index (κ1) is 15.4. The summed E-state index contributed by atoms with van der Waals surface area (Å²) in [6.45, 7) is 4.47. The summed E-state index contributed by atoms with van der Waals surface area (Å²) < 4.78 is 18.6. The molecule has 1 rings (SSSR count). The highest BCUT2D eigenvalue weighted by atomic mass is 19.1. The summed E-state index contributed by atoms with van der Waals surface area (Å²) in [6.07, 6.45) is 2.46. The van der Waals surface area contributed by atoms with Crippen molar-refractivity contribution < 1.29 is 9.13 Å². The van der Waals surface area contributed by atoms with Crippen LogP contribution in [0.3, 0.4) is 0 Å². The zero-order valence-corrected chi connectivity index (χ0v) is 11.4. The fourth-order valence-electron chi connectivity index (χ4n) is 1.46. The van der Waals surface area contributed by atoms with Crippen molar-refractivity contribution >= 4 is 5.96 Å². The van der Waals surface area contributed by atoms with Gasteiger partial charge in [-0.3, -0.25) is 9.98 Å². The molecule has 0 aliphatic heterocycles. The number of ether oxygens (including phenoxy) is 1. The third kappa shape index (κ3) is 6.15. The zero-order chi connectivity index (χ0) is 13.9. The molecule has 2 N–H and O–H groups in total. The van der Waals surface area contributed by atoms with Crippen LogP contribution >= 0.6 is 0 Å². The second-order valence-electron chi connectivity index (χ2n) is 3.83. The number of nitrogens with one attached hydrogen (secondary N) is 2. The molecule has 0 bridgehead atoms. The standard InChI is InChI=1S/C13H21FN4O/c1-3-19-9-5-8-17-13(15-2)18-10-12-11(14)6-4-7-16-12/h4,6-7H,3,5,8-10H2,1-2H3,(H2,15,17,18). The van der Waals surface area contributed by atoms with Gasteiger partial charge in [0.1, 0.15) is 5.82 Å². The normalized spacial score (nSPS) is 11.4. The van der Waals surface area contributed by atoms with E-state index in [1.165, 1.54) is 6.07 Å². The maximum Gasteiger partial charge on any atom is 0.191 e. The van der Waals surface area contributed by atoms with Crippen molar-refractivity contribution in [2.75, 3.05) is 26.8 Å². The van der Waals surface area contributed by atoms with E-state index in [0.717, 1.165) is 26.2 Å². The number of halogens is 1. The van der Waals surface area contributed by atoms with Gasteiger partial charge >= 0.3 is 0 Å². The molecule has 5 nitrogen and oxygen atoms in total. The molecule has 1 aromatic rings. The Kier molecular flexibility index (Phi) is 7.50. The SMILES string of the molecule is CCOCCCNC(=NC)NCc1ncccc1F. The molecule has 1 aromatic heterocycles. The van der Waals surface area contributed by atoms with E-state index in [-0.39, 0.29) is 5.82 Å². The van der Waals surface area contributed by atoms with E-state index in [0.29, 0.717) is 18.2 Å². The second kappa shape index (κ2) is 9.27. The average molecular weight is 268 g/mol. The van der Waals surface area contributed by atoms with Crippen molar-refractivity contribution in [2.24, 2.45) is 4.99 Å². The fourth-order valence-corrected chi connectivity index (χ4v) is 1.46. The lowest BCUT2D eigenvalue weighted by molar-refractivity contribution is 0.145. The van der Waals surface area contributed by atoms with Crippen LogP contribution in [0.4, 0.5) is 4.39 Å². The largest absolute Gasteiger partial charge is 0.382 e. The maximum atomic E-state index is 13.4. The Morgan fingerprint density at radius 3 is 3.00 bits per heavy atom. The van der Waals surface area contributed by atoms with Gasteiger partial charge in [-0.05, 0) is 25.5 Å². The smallest absolute Gasteiger partial charge is 0.191 e. The summed E-state index contributed by atoms with van der Waals surface area (Å²) in [5, 5.41) is 6.14. The molecule has 1 heterocycles. The van der Waals surface area contributed by atoms with Crippen LogP contribution < -0.4 is 10.6 Å². The van der Waals surface area contributed by atoms with E-state index in [4.69, 9.17) is 4.74 Å². The van der Waals surface area contributed by atoms with Crippen molar-refractivity contribution in [2.45, 2.75) is 19.9 Å². The van der Waals surface area contributed by atoms with E-state index in [9.17, 15) is 4.39 Å². The molecule has 0 amide bonds. The van der Waals surface area contributed by atoms with Crippen molar-refractivity contribution in [1.29, 1.82) is 0 Å². The lowest BCUT2D eigenvalue weighted by Crippen LogP contribution is -2.37. The van der Waals surface area contributed by atoms with Crippen LogP contribution in [-0.4, -0.2) is 37.7 Å². The van der Waals surface area contributed by atoms with E-state index in [1.54, 1.807) is 19.3 Å². The quantitative estimate of drug-likeness (QED) is 0.445. The van der Waals surface area contributed by atoms with Gasteiger partial charge in [0, 0.05) is 33.0 Å². The average Bonchev–Trinajstić information content (AvgIpc) is 2.43. The molecule has 0 unspecified atom stereocenters. The number of guanidine groups is 1. The molecule has 0 fully saturated rings. The summed E-state index contributed by atoms with van der Waals surface area (Å²) in [5.74, 6) is 0.309. The van der Waals surface area contributed by atoms with Gasteiger partial charge in [-0.2, -0.15) is 0 Å². The molecule has 106 valence electrons. The number of aliphatic imine (C=N–C) groups is 1. The van der Waals surface area contributed by atoms with Crippen LogP contribution in [-0.2, 0) is 11.3 Å². The number of rotatable bonds is 7. The van der Waals surface area contributed by atoms with Gasteiger partial charge in [-0.25, -0.2) is 4.39 Å². The molecule has 0 spiro atoms. The lowest BCUT2D eigenvalue weighted by atomic mass is 10.3. The molecule has 0 saturated heterocycles. The minimum absolute atomic E-state index is 0.303. The Balaban J connectivity index is 2.28. The Bertz CT molecular complexity index is 398. The molecular formula is C13H21FN4O. The van der Waals surface area contributed by atoms with E-state index in [2.05, 4.69) is 20.6 Å². The summed E-state index contributed by atoms with van der Waals surface area (Å²) in [5.41, 5.74) is 0.375. The van der Waals surface area contributed by atoms with Gasteiger partial charge in [0.15, 0.2) is 5.96 Å². The third-order valence-electron chi connectivity index (χ3n) is 2.44. The van der Waals surface area contributed by atoms with Crippen LogP contribution in [0.1, 0.15) is 19.0 Å². The monoisotopic (exact) mass is 268 g/mol. The summed E-state index contributed by atoms with van der Waals surface area (Å²) in [4.78, 5) is 8.02. The summed E-state index contributed by atoms with van der Waals surface area (Å²) in [7, 11) is 1.67. The van der Waals surface area contributed by atoms with Crippen molar-refractivity contribution in [3.63, 3.8) is 0 Å². The molecule has 19 heavy (non-hydrogen) atoms. The predicted molar refractivity (Wildman–Crippen MR) is 73.5 cm³/mol. The fraction of sp³-hybridized carbons (Fsp3) is 0.538. The van der Waals surface area contributed by atoms with Crippen molar-refractivity contribution in [3.8, 4) is 0 Å².